The van der Waals surface area contributed by atoms with E-state index < -0.39 is 0 Å². The molecule has 0 heterocycles. The first-order chi connectivity index (χ1) is 6.15. The summed E-state index contributed by atoms with van der Waals surface area (Å²) in [4.78, 5) is 0. The summed E-state index contributed by atoms with van der Waals surface area (Å²) >= 11 is 3.31. The minimum atomic E-state index is -0.161. The van der Waals surface area contributed by atoms with Gasteiger partial charge in [-0.1, -0.05) is 28.1 Å². The summed E-state index contributed by atoms with van der Waals surface area (Å²) in [6.45, 7) is 3.84. The lowest BCUT2D eigenvalue weighted by atomic mass is 10.0. The van der Waals surface area contributed by atoms with Crippen LogP contribution in [0.15, 0.2) is 18.2 Å². The quantitative estimate of drug-likeness (QED) is 0.692. The van der Waals surface area contributed by atoms with Crippen LogP contribution in [0.5, 0.6) is 0 Å². The first-order valence-corrected chi connectivity index (χ1v) is 5.26. The Morgan fingerprint density at radius 3 is 2.31 bits per heavy atom. The van der Waals surface area contributed by atoms with E-state index in [4.69, 9.17) is 0 Å². The van der Waals surface area contributed by atoms with E-state index in [9.17, 15) is 4.39 Å². The maximum Gasteiger partial charge on any atom is 0.123 e. The van der Waals surface area contributed by atoms with Crippen LogP contribution in [0.1, 0.15) is 16.7 Å². The third kappa shape index (κ3) is 2.66. The fraction of sp³-hybridized carbons (Fsp3) is 0.273. The fourth-order valence-electron chi connectivity index (χ4n) is 1.35. The summed E-state index contributed by atoms with van der Waals surface area (Å²) in [5.74, 6) is -0.161. The van der Waals surface area contributed by atoms with Crippen molar-refractivity contribution in [1.29, 1.82) is 0 Å². The monoisotopic (exact) mass is 242 g/mol. The molecule has 0 unspecified atom stereocenters. The average Bonchev–Trinajstić information content (AvgIpc) is 2.02. The SMILES string of the molecule is Cc1cc(F)cc(C)c1C=CCBr. The topological polar surface area (TPSA) is 0 Å². The van der Waals surface area contributed by atoms with Crippen LogP contribution in [0.3, 0.4) is 0 Å². The van der Waals surface area contributed by atoms with Crippen LogP contribution in [0.2, 0.25) is 0 Å². The highest BCUT2D eigenvalue weighted by Gasteiger charge is 2.01. The fourth-order valence-corrected chi connectivity index (χ4v) is 1.53. The Hall–Kier alpha value is -0.630. The molecule has 0 saturated heterocycles. The molecule has 13 heavy (non-hydrogen) atoms. The lowest BCUT2D eigenvalue weighted by molar-refractivity contribution is 0.625. The summed E-state index contributed by atoms with van der Waals surface area (Å²) in [5, 5.41) is 0.823. The second-order valence-corrected chi connectivity index (χ2v) is 3.66. The van der Waals surface area contributed by atoms with Crippen molar-refractivity contribution in [1.82, 2.24) is 0 Å². The van der Waals surface area contributed by atoms with Crippen LogP contribution in [-0.4, -0.2) is 5.33 Å². The van der Waals surface area contributed by atoms with Crippen molar-refractivity contribution in [2.45, 2.75) is 13.8 Å². The molecule has 0 saturated carbocycles. The molecule has 0 aromatic heterocycles. The molecule has 0 aliphatic rings. The van der Waals surface area contributed by atoms with E-state index >= 15 is 0 Å². The highest BCUT2D eigenvalue weighted by Crippen LogP contribution is 2.17. The van der Waals surface area contributed by atoms with Crippen molar-refractivity contribution in [2.75, 3.05) is 5.33 Å². The Labute approximate surface area is 86.6 Å². The predicted octanol–water partition coefficient (Wildman–Crippen LogP) is 3.85. The predicted molar refractivity (Wildman–Crippen MR) is 58.7 cm³/mol. The number of halogens is 2. The van der Waals surface area contributed by atoms with E-state index in [0.29, 0.717) is 0 Å². The third-order valence-electron chi connectivity index (χ3n) is 1.93. The van der Waals surface area contributed by atoms with Gasteiger partial charge in [0.1, 0.15) is 5.82 Å². The van der Waals surface area contributed by atoms with Crippen molar-refractivity contribution in [3.63, 3.8) is 0 Å². The Balaban J connectivity index is 3.13. The summed E-state index contributed by atoms with van der Waals surface area (Å²) in [6, 6.07) is 3.11. The largest absolute Gasteiger partial charge is 0.207 e. The maximum absolute atomic E-state index is 12.9. The van der Waals surface area contributed by atoms with Crippen molar-refractivity contribution < 1.29 is 4.39 Å². The minimum absolute atomic E-state index is 0.161. The molecule has 1 aromatic carbocycles. The van der Waals surface area contributed by atoms with Crippen molar-refractivity contribution >= 4 is 22.0 Å². The second-order valence-electron chi connectivity index (χ2n) is 3.01. The molecule has 0 spiro atoms. The lowest BCUT2D eigenvalue weighted by Gasteiger charge is -2.04. The Morgan fingerprint density at radius 1 is 1.31 bits per heavy atom. The van der Waals surface area contributed by atoms with Crippen LogP contribution in [0, 0.1) is 19.7 Å². The number of rotatable bonds is 2. The molecule has 0 aliphatic carbocycles. The molecule has 0 fully saturated rings. The Bertz CT molecular complexity index is 306. The Kier molecular flexibility index (Phi) is 3.67. The first kappa shape index (κ1) is 10.5. The molecule has 0 amide bonds. The molecular formula is C11H12BrF. The van der Waals surface area contributed by atoms with E-state index in [1.165, 1.54) is 0 Å². The molecule has 0 aliphatic heterocycles. The Morgan fingerprint density at radius 2 is 1.85 bits per heavy atom. The minimum Gasteiger partial charge on any atom is -0.207 e. The molecular weight excluding hydrogens is 231 g/mol. The van der Waals surface area contributed by atoms with Crippen LogP contribution in [-0.2, 0) is 0 Å². The van der Waals surface area contributed by atoms with Gasteiger partial charge >= 0.3 is 0 Å². The number of alkyl halides is 1. The van der Waals surface area contributed by atoms with Crippen LogP contribution in [0.25, 0.3) is 6.08 Å². The average molecular weight is 243 g/mol. The highest BCUT2D eigenvalue weighted by atomic mass is 79.9. The van der Waals surface area contributed by atoms with Crippen LogP contribution < -0.4 is 0 Å². The second kappa shape index (κ2) is 4.56. The van der Waals surface area contributed by atoms with Gasteiger partial charge in [0.25, 0.3) is 0 Å². The molecule has 0 atom stereocenters. The number of aryl methyl sites for hydroxylation is 2. The van der Waals surface area contributed by atoms with Gasteiger partial charge in [0.2, 0.25) is 0 Å². The maximum atomic E-state index is 12.9. The van der Waals surface area contributed by atoms with Gasteiger partial charge < -0.3 is 0 Å². The van der Waals surface area contributed by atoms with Gasteiger partial charge in [-0.2, -0.15) is 0 Å². The van der Waals surface area contributed by atoms with Crippen molar-refractivity contribution in [3.8, 4) is 0 Å². The van der Waals surface area contributed by atoms with Gasteiger partial charge in [-0.3, -0.25) is 0 Å². The standard InChI is InChI=1S/C11H12BrF/c1-8-6-10(13)7-9(2)11(8)4-3-5-12/h3-4,6-7H,5H2,1-2H3. The first-order valence-electron chi connectivity index (χ1n) is 4.14. The number of hydrogen-bond acceptors (Lipinski definition) is 0. The van der Waals surface area contributed by atoms with Crippen LogP contribution >= 0.6 is 15.9 Å². The van der Waals surface area contributed by atoms with Gasteiger partial charge in [-0.05, 0) is 42.7 Å². The van der Waals surface area contributed by atoms with Gasteiger partial charge in [0.05, 0.1) is 0 Å². The zero-order valence-electron chi connectivity index (χ0n) is 7.77. The zero-order chi connectivity index (χ0) is 9.84. The van der Waals surface area contributed by atoms with Gasteiger partial charge in [-0.25, -0.2) is 4.39 Å². The van der Waals surface area contributed by atoms with Gasteiger partial charge in [-0.15, -0.1) is 0 Å². The molecule has 70 valence electrons. The summed E-state index contributed by atoms with van der Waals surface area (Å²) < 4.78 is 12.9. The summed E-state index contributed by atoms with van der Waals surface area (Å²) in [7, 11) is 0. The molecule has 1 rings (SSSR count). The van der Waals surface area contributed by atoms with Gasteiger partial charge in [0.15, 0.2) is 0 Å². The van der Waals surface area contributed by atoms with E-state index in [1.807, 2.05) is 26.0 Å². The molecule has 1 aromatic rings. The van der Waals surface area contributed by atoms with Gasteiger partial charge in [0, 0.05) is 5.33 Å². The lowest BCUT2D eigenvalue weighted by Crippen LogP contribution is -1.88. The number of allylic oxidation sites excluding steroid dienone is 1. The van der Waals surface area contributed by atoms with E-state index in [0.717, 1.165) is 22.0 Å². The third-order valence-corrected chi connectivity index (χ3v) is 2.31. The highest BCUT2D eigenvalue weighted by molar-refractivity contribution is 9.09. The van der Waals surface area contributed by atoms with Crippen molar-refractivity contribution in [2.24, 2.45) is 0 Å². The van der Waals surface area contributed by atoms with Crippen LogP contribution in [0.4, 0.5) is 4.39 Å². The van der Waals surface area contributed by atoms with E-state index in [2.05, 4.69) is 15.9 Å². The zero-order valence-corrected chi connectivity index (χ0v) is 9.36. The molecule has 2 heteroatoms. The summed E-state index contributed by atoms with van der Waals surface area (Å²) in [6.07, 6.45) is 4.02. The number of hydrogen-bond donors (Lipinski definition) is 0. The normalized spacial score (nSPS) is 11.1. The van der Waals surface area contributed by atoms with E-state index in [-0.39, 0.29) is 5.82 Å². The molecule has 0 radical (unpaired) electrons. The van der Waals surface area contributed by atoms with E-state index in [1.54, 1.807) is 12.1 Å². The molecule has 0 bridgehead atoms. The molecule has 0 N–H and O–H groups in total. The van der Waals surface area contributed by atoms with Crippen molar-refractivity contribution in [3.05, 3.63) is 40.7 Å². The molecule has 0 nitrogen and oxygen atoms in total. The smallest absolute Gasteiger partial charge is 0.123 e. The summed E-state index contributed by atoms with van der Waals surface area (Å²) in [5.41, 5.74) is 3.07. The number of benzene rings is 1.